The first-order chi connectivity index (χ1) is 32.8. The topological polar surface area (TPSA) is 47.6 Å². The van der Waals surface area contributed by atoms with Crippen LogP contribution < -0.4 is 0 Å². The van der Waals surface area contributed by atoms with Crippen LogP contribution >= 0.6 is 0 Å². The van der Waals surface area contributed by atoms with Crippen molar-refractivity contribution < 1.29 is 0 Å². The first kappa shape index (κ1) is 45.6. The van der Waals surface area contributed by atoms with Crippen molar-refractivity contribution in [1.29, 1.82) is 10.5 Å². The molecule has 2 heteroatoms. The van der Waals surface area contributed by atoms with E-state index in [1.807, 2.05) is 12.1 Å². The van der Waals surface area contributed by atoms with Gasteiger partial charge in [0, 0.05) is 38.5 Å². The summed E-state index contributed by atoms with van der Waals surface area (Å²) in [6, 6.07) is 45.0. The van der Waals surface area contributed by atoms with Crippen molar-refractivity contribution in [3.8, 4) is 69.2 Å². The summed E-state index contributed by atoms with van der Waals surface area (Å²) in [5.74, 6) is 14.6. The van der Waals surface area contributed by atoms with Crippen molar-refractivity contribution in [3.63, 3.8) is 0 Å². The van der Waals surface area contributed by atoms with Crippen LogP contribution in [-0.4, -0.2) is 0 Å². The molecule has 0 aromatic heterocycles. The van der Waals surface area contributed by atoms with Crippen LogP contribution in [0.3, 0.4) is 0 Å². The highest BCUT2D eigenvalue weighted by molar-refractivity contribution is 5.85. The highest BCUT2D eigenvalue weighted by Crippen LogP contribution is 2.57. The number of unbranched alkanes of at least 4 members (excludes halogenated alkanes) is 2. The molecule has 0 atom stereocenters. The van der Waals surface area contributed by atoms with Gasteiger partial charge in [-0.05, 0) is 178 Å². The SMILES string of the molecule is CCCCC1(CCCC)c2cc(C#Cc3ccc4c(c3)C(CCC)(CCC)c3cc(C#N)ccc3-4)ccc2-c2ccc(C#Cc3ccc4c(c3)C(CCC)(CCC)c3cc(C#N)ccc3-4)cc21. The number of rotatable bonds is 14. The summed E-state index contributed by atoms with van der Waals surface area (Å²) in [4.78, 5) is 0. The van der Waals surface area contributed by atoms with Gasteiger partial charge in [0.2, 0.25) is 0 Å². The molecule has 3 aliphatic carbocycles. The van der Waals surface area contributed by atoms with Gasteiger partial charge < -0.3 is 0 Å². The van der Waals surface area contributed by atoms with E-state index in [2.05, 4.69) is 174 Å². The number of hydrogen-bond donors (Lipinski definition) is 0. The first-order valence-electron chi connectivity index (χ1n) is 25.5. The molecule has 0 radical (unpaired) electrons. The smallest absolute Gasteiger partial charge is 0.0991 e. The third kappa shape index (κ3) is 7.71. The second-order valence-electron chi connectivity index (χ2n) is 19.7. The zero-order valence-electron chi connectivity index (χ0n) is 40.7. The van der Waals surface area contributed by atoms with E-state index in [-0.39, 0.29) is 16.2 Å². The van der Waals surface area contributed by atoms with E-state index < -0.39 is 0 Å². The van der Waals surface area contributed by atoms with Gasteiger partial charge in [-0.3, -0.25) is 0 Å². The van der Waals surface area contributed by atoms with Crippen molar-refractivity contribution in [1.82, 2.24) is 0 Å². The van der Waals surface area contributed by atoms with Gasteiger partial charge in [0.15, 0.2) is 0 Å². The van der Waals surface area contributed by atoms with Crippen LogP contribution in [0.25, 0.3) is 33.4 Å². The number of fused-ring (bicyclic) bond motifs is 9. The molecule has 3 aliphatic rings. The fourth-order valence-electron chi connectivity index (χ4n) is 12.9. The molecule has 6 aromatic rings. The summed E-state index contributed by atoms with van der Waals surface area (Å²) in [6.45, 7) is 13.7. The molecular formula is C65H64N2. The second-order valence-corrected chi connectivity index (χ2v) is 19.7. The molecule has 0 saturated carbocycles. The molecule has 0 N–H and O–H groups in total. The Labute approximate surface area is 401 Å². The molecule has 0 bridgehead atoms. The maximum Gasteiger partial charge on any atom is 0.0991 e. The Bertz CT molecular complexity index is 2880. The number of nitriles is 2. The molecule has 0 heterocycles. The average molecular weight is 873 g/mol. The van der Waals surface area contributed by atoms with Gasteiger partial charge in [-0.1, -0.05) is 153 Å². The quantitative estimate of drug-likeness (QED) is 0.102. The van der Waals surface area contributed by atoms with Gasteiger partial charge in [-0.2, -0.15) is 10.5 Å². The monoisotopic (exact) mass is 873 g/mol. The van der Waals surface area contributed by atoms with Gasteiger partial charge >= 0.3 is 0 Å². The maximum atomic E-state index is 9.85. The lowest BCUT2D eigenvalue weighted by Crippen LogP contribution is -2.25. The van der Waals surface area contributed by atoms with E-state index in [4.69, 9.17) is 0 Å². The van der Waals surface area contributed by atoms with Crippen LogP contribution in [0, 0.1) is 46.3 Å². The first-order valence-corrected chi connectivity index (χ1v) is 25.5. The van der Waals surface area contributed by atoms with E-state index in [9.17, 15) is 10.5 Å². The molecule has 0 unspecified atom stereocenters. The molecule has 334 valence electrons. The standard InChI is InChI=1S/C65H64N2/c1-7-13-35-65(36-14-8-2)59-39-47(17-15-45-19-25-51-55-29-23-49(43-66)41-61(55)63(31-9-3,32-10-4)57(51)37-45)21-27-53(59)54-28-22-48(40-60(54)65)18-16-46-20-26-52-56-30-24-50(44-67)42-62(56)64(33-11-5,34-12-6)58(52)38-46/h19-30,37-42H,7-14,31-36H2,1-6H3. The van der Waals surface area contributed by atoms with E-state index >= 15 is 0 Å². The molecule has 0 amide bonds. The van der Waals surface area contributed by atoms with E-state index in [0.717, 1.165) is 123 Å². The lowest BCUT2D eigenvalue weighted by Gasteiger charge is -2.33. The van der Waals surface area contributed by atoms with Crippen LogP contribution in [0.1, 0.15) is 198 Å². The van der Waals surface area contributed by atoms with E-state index in [1.54, 1.807) is 0 Å². The Morgan fingerprint density at radius 1 is 0.299 bits per heavy atom. The summed E-state index contributed by atoms with van der Waals surface area (Å²) in [5, 5.41) is 19.7. The number of benzene rings is 6. The molecule has 2 nitrogen and oxygen atoms in total. The molecule has 0 fully saturated rings. The fourth-order valence-corrected chi connectivity index (χ4v) is 12.9. The van der Waals surface area contributed by atoms with Crippen LogP contribution in [-0.2, 0) is 16.2 Å². The van der Waals surface area contributed by atoms with E-state index in [1.165, 1.54) is 66.8 Å². The number of nitrogens with zero attached hydrogens (tertiary/aromatic N) is 2. The Kier molecular flexibility index (Phi) is 12.9. The third-order valence-corrected chi connectivity index (χ3v) is 15.7. The van der Waals surface area contributed by atoms with Gasteiger partial charge in [-0.15, -0.1) is 0 Å². The lowest BCUT2D eigenvalue weighted by atomic mass is 9.70. The van der Waals surface area contributed by atoms with Crippen molar-refractivity contribution in [2.45, 2.75) is 148 Å². The summed E-state index contributed by atoms with van der Waals surface area (Å²) in [7, 11) is 0. The van der Waals surface area contributed by atoms with Gasteiger partial charge in [0.05, 0.1) is 23.3 Å². The lowest BCUT2D eigenvalue weighted by molar-refractivity contribution is 0.414. The summed E-state index contributed by atoms with van der Waals surface area (Å²) >= 11 is 0. The number of hydrogen-bond acceptors (Lipinski definition) is 2. The molecule has 9 rings (SSSR count). The largest absolute Gasteiger partial charge is 0.192 e. The Morgan fingerprint density at radius 2 is 0.522 bits per heavy atom. The van der Waals surface area contributed by atoms with Crippen LogP contribution in [0.5, 0.6) is 0 Å². The maximum absolute atomic E-state index is 9.85. The molecule has 0 spiro atoms. The summed E-state index contributed by atoms with van der Waals surface area (Å²) in [6.07, 6.45) is 15.3. The zero-order chi connectivity index (χ0) is 46.8. The second kappa shape index (κ2) is 19.0. The minimum Gasteiger partial charge on any atom is -0.192 e. The van der Waals surface area contributed by atoms with Crippen LogP contribution in [0.15, 0.2) is 109 Å². The Morgan fingerprint density at radius 3 is 0.746 bits per heavy atom. The van der Waals surface area contributed by atoms with Crippen molar-refractivity contribution in [3.05, 3.63) is 176 Å². The van der Waals surface area contributed by atoms with Crippen LogP contribution in [0.4, 0.5) is 0 Å². The predicted molar refractivity (Wildman–Crippen MR) is 278 cm³/mol. The minimum atomic E-state index is -0.105. The Balaban J connectivity index is 1.08. The van der Waals surface area contributed by atoms with E-state index in [0.29, 0.717) is 0 Å². The Hall–Kier alpha value is -6.58. The normalized spacial score (nSPS) is 14.4. The highest BCUT2D eigenvalue weighted by Gasteiger charge is 2.45. The van der Waals surface area contributed by atoms with Crippen LogP contribution in [0.2, 0.25) is 0 Å². The zero-order valence-corrected chi connectivity index (χ0v) is 40.7. The molecule has 0 aliphatic heterocycles. The summed E-state index contributed by atoms with van der Waals surface area (Å²) in [5.41, 5.74) is 21.4. The minimum absolute atomic E-state index is 0.102. The van der Waals surface area contributed by atoms with Crippen molar-refractivity contribution in [2.24, 2.45) is 0 Å². The molecule has 6 aromatic carbocycles. The van der Waals surface area contributed by atoms with Gasteiger partial charge in [-0.25, -0.2) is 0 Å². The van der Waals surface area contributed by atoms with Crippen molar-refractivity contribution in [2.75, 3.05) is 0 Å². The average Bonchev–Trinajstić information content (AvgIpc) is 3.89. The predicted octanol–water partition coefficient (Wildman–Crippen LogP) is 16.6. The van der Waals surface area contributed by atoms with Gasteiger partial charge in [0.1, 0.15) is 0 Å². The molecule has 67 heavy (non-hydrogen) atoms. The highest BCUT2D eigenvalue weighted by atomic mass is 14.5. The molecule has 0 saturated heterocycles. The summed E-state index contributed by atoms with van der Waals surface area (Å²) < 4.78 is 0. The van der Waals surface area contributed by atoms with Crippen molar-refractivity contribution >= 4 is 0 Å². The fraction of sp³-hybridized carbons (Fsp3) is 0.354. The molecular weight excluding hydrogens is 809 g/mol. The van der Waals surface area contributed by atoms with Gasteiger partial charge in [0.25, 0.3) is 0 Å². The third-order valence-electron chi connectivity index (χ3n) is 15.7.